The predicted molar refractivity (Wildman–Crippen MR) is 121 cm³/mol. The van der Waals surface area contributed by atoms with E-state index in [0.29, 0.717) is 16.8 Å². The zero-order chi connectivity index (χ0) is 21.8. The van der Waals surface area contributed by atoms with Crippen LogP contribution < -0.4 is 5.32 Å². The van der Waals surface area contributed by atoms with Crippen molar-refractivity contribution < 1.29 is 9.18 Å². The van der Waals surface area contributed by atoms with Crippen molar-refractivity contribution in [1.29, 1.82) is 0 Å². The van der Waals surface area contributed by atoms with Crippen molar-refractivity contribution in [2.45, 2.75) is 19.8 Å². The molecule has 4 nitrogen and oxygen atoms in total. The number of hydrogen-bond acceptors (Lipinski definition) is 3. The van der Waals surface area contributed by atoms with Crippen molar-refractivity contribution in [2.75, 3.05) is 5.32 Å². The first-order chi connectivity index (χ1) is 15.0. The van der Waals surface area contributed by atoms with Crippen molar-refractivity contribution >= 4 is 11.6 Å². The third kappa shape index (κ3) is 4.83. The van der Waals surface area contributed by atoms with Crippen LogP contribution in [0.3, 0.4) is 0 Å². The van der Waals surface area contributed by atoms with Crippen LogP contribution in [0, 0.1) is 12.7 Å². The van der Waals surface area contributed by atoms with Gasteiger partial charge in [0.15, 0.2) is 0 Å². The molecule has 0 saturated carbocycles. The fourth-order valence-corrected chi connectivity index (χ4v) is 3.44. The minimum absolute atomic E-state index is 0.199. The monoisotopic (exact) mass is 411 g/mol. The maximum absolute atomic E-state index is 14.2. The molecule has 0 aliphatic heterocycles. The largest absolute Gasteiger partial charge is 0.326 e. The molecule has 0 saturated heterocycles. The Morgan fingerprint density at radius 2 is 1.71 bits per heavy atom. The van der Waals surface area contributed by atoms with E-state index < -0.39 is 5.92 Å². The molecule has 2 aromatic heterocycles. The van der Waals surface area contributed by atoms with E-state index in [4.69, 9.17) is 0 Å². The van der Waals surface area contributed by atoms with Crippen LogP contribution in [0.15, 0.2) is 85.3 Å². The van der Waals surface area contributed by atoms with E-state index in [1.54, 1.807) is 31.6 Å². The first kappa shape index (κ1) is 20.4. The minimum atomic E-state index is -0.520. The molecule has 0 radical (unpaired) electrons. The van der Waals surface area contributed by atoms with Crippen LogP contribution in [-0.4, -0.2) is 15.9 Å². The summed E-state index contributed by atoms with van der Waals surface area (Å²) >= 11 is 0. The van der Waals surface area contributed by atoms with Crippen LogP contribution in [0.1, 0.15) is 24.1 Å². The summed E-state index contributed by atoms with van der Waals surface area (Å²) in [4.78, 5) is 21.1. The van der Waals surface area contributed by atoms with Crippen molar-refractivity contribution in [2.24, 2.45) is 0 Å². The Morgan fingerprint density at radius 3 is 2.42 bits per heavy atom. The second kappa shape index (κ2) is 8.88. The number of amides is 1. The third-order valence-electron chi connectivity index (χ3n) is 5.19. The lowest BCUT2D eigenvalue weighted by atomic mass is 9.95. The Hall–Kier alpha value is -3.86. The highest BCUT2D eigenvalue weighted by Crippen LogP contribution is 2.27. The summed E-state index contributed by atoms with van der Waals surface area (Å²) in [7, 11) is 0. The average molecular weight is 411 g/mol. The van der Waals surface area contributed by atoms with Crippen molar-refractivity contribution in [3.05, 3.63) is 102 Å². The second-order valence-corrected chi connectivity index (χ2v) is 7.49. The SMILES string of the molecule is Cc1cc(-c2ccc(NC(=O)C(C)c3cc(F)cc(-c4cccnc4)c3)cc2)ccn1. The fourth-order valence-electron chi connectivity index (χ4n) is 3.44. The summed E-state index contributed by atoms with van der Waals surface area (Å²) in [6, 6.07) is 19.9. The van der Waals surface area contributed by atoms with Gasteiger partial charge in [-0.15, -0.1) is 0 Å². The summed E-state index contributed by atoms with van der Waals surface area (Å²) < 4.78 is 14.2. The number of nitrogens with zero attached hydrogens (tertiary/aromatic N) is 2. The van der Waals surface area contributed by atoms with Crippen LogP contribution in [0.25, 0.3) is 22.3 Å². The van der Waals surface area contributed by atoms with Crippen molar-refractivity contribution in [1.82, 2.24) is 9.97 Å². The number of carbonyl (C=O) groups excluding carboxylic acids is 1. The molecule has 0 aliphatic carbocycles. The summed E-state index contributed by atoms with van der Waals surface area (Å²) in [6.45, 7) is 3.72. The topological polar surface area (TPSA) is 54.9 Å². The standard InChI is InChI=1S/C26H22FN3O/c1-17-12-20(9-11-29-17)19-5-7-25(8-6-19)30-26(31)18(2)22-13-23(15-24(27)14-22)21-4-3-10-28-16-21/h3-16,18H,1-2H3,(H,30,31). The first-order valence-electron chi connectivity index (χ1n) is 10.0. The van der Waals surface area contributed by atoms with Gasteiger partial charge in [-0.2, -0.15) is 0 Å². The van der Waals surface area contributed by atoms with Crippen LogP contribution in [0.2, 0.25) is 0 Å². The number of pyridine rings is 2. The van der Waals surface area contributed by atoms with Gasteiger partial charge in [-0.25, -0.2) is 4.39 Å². The number of aryl methyl sites for hydroxylation is 1. The minimum Gasteiger partial charge on any atom is -0.326 e. The lowest BCUT2D eigenvalue weighted by Gasteiger charge is -2.15. The highest BCUT2D eigenvalue weighted by Gasteiger charge is 2.17. The molecule has 1 atom stereocenters. The number of rotatable bonds is 5. The molecule has 2 aromatic carbocycles. The van der Waals surface area contributed by atoms with Crippen LogP contribution in [-0.2, 0) is 4.79 Å². The highest BCUT2D eigenvalue weighted by atomic mass is 19.1. The Balaban J connectivity index is 1.51. The number of hydrogen-bond donors (Lipinski definition) is 1. The van der Waals surface area contributed by atoms with E-state index in [1.807, 2.05) is 55.5 Å². The van der Waals surface area contributed by atoms with Gasteiger partial charge in [0, 0.05) is 35.5 Å². The lowest BCUT2D eigenvalue weighted by molar-refractivity contribution is -0.117. The van der Waals surface area contributed by atoms with E-state index in [-0.39, 0.29) is 11.7 Å². The summed E-state index contributed by atoms with van der Waals surface area (Å²) in [5.41, 5.74) is 5.86. The quantitative estimate of drug-likeness (QED) is 0.438. The number of anilines is 1. The predicted octanol–water partition coefficient (Wildman–Crippen LogP) is 6.00. The molecule has 1 amide bonds. The molecule has 4 aromatic rings. The maximum Gasteiger partial charge on any atom is 0.231 e. The summed E-state index contributed by atoms with van der Waals surface area (Å²) in [5, 5.41) is 2.92. The molecule has 2 heterocycles. The first-order valence-corrected chi connectivity index (χ1v) is 10.0. The zero-order valence-electron chi connectivity index (χ0n) is 17.3. The molecule has 4 rings (SSSR count). The van der Waals surface area contributed by atoms with Gasteiger partial charge in [0.1, 0.15) is 5.82 Å². The lowest BCUT2D eigenvalue weighted by Crippen LogP contribution is -2.19. The fraction of sp³-hybridized carbons (Fsp3) is 0.115. The number of halogens is 1. The Morgan fingerprint density at radius 1 is 0.903 bits per heavy atom. The Bertz CT molecular complexity index is 1210. The molecule has 1 unspecified atom stereocenters. The highest BCUT2D eigenvalue weighted by molar-refractivity contribution is 5.96. The average Bonchev–Trinajstić information content (AvgIpc) is 2.79. The smallest absolute Gasteiger partial charge is 0.231 e. The molecule has 0 bridgehead atoms. The van der Waals surface area contributed by atoms with Gasteiger partial charge in [-0.05, 0) is 78.6 Å². The third-order valence-corrected chi connectivity index (χ3v) is 5.19. The van der Waals surface area contributed by atoms with Crippen molar-refractivity contribution in [3.63, 3.8) is 0 Å². The van der Waals surface area contributed by atoms with E-state index in [9.17, 15) is 9.18 Å². The van der Waals surface area contributed by atoms with Crippen LogP contribution in [0.4, 0.5) is 10.1 Å². The Kier molecular flexibility index (Phi) is 5.85. The molecule has 0 fully saturated rings. The van der Waals surface area contributed by atoms with E-state index >= 15 is 0 Å². The summed E-state index contributed by atoms with van der Waals surface area (Å²) in [6.07, 6.45) is 5.12. The molecule has 0 aliphatic rings. The van der Waals surface area contributed by atoms with Gasteiger partial charge >= 0.3 is 0 Å². The van der Waals surface area contributed by atoms with Crippen LogP contribution in [0.5, 0.6) is 0 Å². The van der Waals surface area contributed by atoms with Gasteiger partial charge in [0.25, 0.3) is 0 Å². The van der Waals surface area contributed by atoms with Crippen molar-refractivity contribution in [3.8, 4) is 22.3 Å². The van der Waals surface area contributed by atoms with Gasteiger partial charge < -0.3 is 5.32 Å². The molecular weight excluding hydrogens is 389 g/mol. The second-order valence-electron chi connectivity index (χ2n) is 7.49. The molecular formula is C26H22FN3O. The number of nitrogens with one attached hydrogen (secondary N) is 1. The van der Waals surface area contributed by atoms with E-state index in [2.05, 4.69) is 15.3 Å². The normalized spacial score (nSPS) is 11.7. The number of benzene rings is 2. The summed E-state index contributed by atoms with van der Waals surface area (Å²) in [5.74, 6) is -1.10. The van der Waals surface area contributed by atoms with Crippen LogP contribution >= 0.6 is 0 Å². The number of carbonyl (C=O) groups is 1. The zero-order valence-corrected chi connectivity index (χ0v) is 17.3. The molecule has 31 heavy (non-hydrogen) atoms. The number of aromatic nitrogens is 2. The van der Waals surface area contributed by atoms with E-state index in [0.717, 1.165) is 22.4 Å². The maximum atomic E-state index is 14.2. The van der Waals surface area contributed by atoms with Gasteiger partial charge in [0.05, 0.1) is 5.92 Å². The molecule has 5 heteroatoms. The Labute approximate surface area is 180 Å². The van der Waals surface area contributed by atoms with Gasteiger partial charge in [-0.3, -0.25) is 14.8 Å². The van der Waals surface area contributed by atoms with Gasteiger partial charge in [0.2, 0.25) is 5.91 Å². The van der Waals surface area contributed by atoms with Gasteiger partial charge in [-0.1, -0.05) is 24.3 Å². The molecule has 1 N–H and O–H groups in total. The molecule has 0 spiro atoms. The molecule has 154 valence electrons. The van der Waals surface area contributed by atoms with E-state index in [1.165, 1.54) is 12.1 Å².